The zero-order valence-electron chi connectivity index (χ0n) is 11.6. The summed E-state index contributed by atoms with van der Waals surface area (Å²) in [6, 6.07) is 3.01. The molecule has 0 saturated carbocycles. The third kappa shape index (κ3) is 3.71. The van der Waals surface area contributed by atoms with Gasteiger partial charge in [-0.05, 0) is 6.07 Å². The number of hydrogen-bond acceptors (Lipinski definition) is 4. The Morgan fingerprint density at radius 3 is 2.41 bits per heavy atom. The third-order valence-corrected chi connectivity index (χ3v) is 3.55. The summed E-state index contributed by atoms with van der Waals surface area (Å²) in [5.41, 5.74) is 0.134. The van der Waals surface area contributed by atoms with Gasteiger partial charge in [-0.2, -0.15) is 13.2 Å². The monoisotopic (exact) mass is 360 g/mol. The molecule has 1 saturated heterocycles. The van der Waals surface area contributed by atoms with E-state index < -0.39 is 12.2 Å². The Morgan fingerprint density at radius 2 is 1.77 bits per heavy atom. The minimum atomic E-state index is -4.35. The number of benzene rings is 1. The average Bonchev–Trinajstić information content (AvgIpc) is 2.88. The Balaban J connectivity index is 0.00000121. The van der Waals surface area contributed by atoms with Gasteiger partial charge in [0.2, 0.25) is 6.79 Å². The number of nitrogens with one attached hydrogen (secondary N) is 1. The Hall–Kier alpha value is -0.890. The third-order valence-electron chi connectivity index (χ3n) is 3.55. The van der Waals surface area contributed by atoms with Crippen molar-refractivity contribution in [2.75, 3.05) is 33.0 Å². The molecule has 126 valence electrons. The zero-order valence-corrected chi connectivity index (χ0v) is 13.2. The van der Waals surface area contributed by atoms with E-state index in [2.05, 4.69) is 5.32 Å². The highest BCUT2D eigenvalue weighted by molar-refractivity contribution is 5.85. The van der Waals surface area contributed by atoms with Gasteiger partial charge in [0.25, 0.3) is 0 Å². The first kappa shape index (κ1) is 19.2. The summed E-state index contributed by atoms with van der Waals surface area (Å²) in [6.07, 6.45) is -4.35. The lowest BCUT2D eigenvalue weighted by Crippen LogP contribution is -2.49. The zero-order chi connectivity index (χ0) is 14.2. The molecule has 2 aliphatic rings. The highest BCUT2D eigenvalue weighted by Gasteiger charge is 2.47. The SMILES string of the molecule is Cl.Cl.FC(F)(F)[C@H](c1cccc2c1OCO2)N1CCNCC1. The second kappa shape index (κ2) is 7.59. The highest BCUT2D eigenvalue weighted by Crippen LogP contribution is 2.46. The van der Waals surface area contributed by atoms with Crippen LogP contribution in [0, 0.1) is 0 Å². The van der Waals surface area contributed by atoms with Gasteiger partial charge < -0.3 is 14.8 Å². The van der Waals surface area contributed by atoms with Gasteiger partial charge in [0.05, 0.1) is 0 Å². The molecule has 0 aliphatic carbocycles. The number of alkyl halides is 3. The number of nitrogens with zero attached hydrogens (tertiary/aromatic N) is 1. The summed E-state index contributed by atoms with van der Waals surface area (Å²) in [5, 5.41) is 3.06. The van der Waals surface area contributed by atoms with Gasteiger partial charge in [-0.15, -0.1) is 24.8 Å². The second-order valence-corrected chi connectivity index (χ2v) is 4.81. The molecule has 9 heteroatoms. The van der Waals surface area contributed by atoms with Crippen LogP contribution in [0.25, 0.3) is 0 Å². The fraction of sp³-hybridized carbons (Fsp3) is 0.538. The number of piperazine rings is 1. The molecule has 2 aliphatic heterocycles. The van der Waals surface area contributed by atoms with Gasteiger partial charge in [0.1, 0.15) is 6.04 Å². The summed E-state index contributed by atoms with van der Waals surface area (Å²) < 4.78 is 50.9. The Bertz CT molecular complexity index is 497. The van der Waals surface area contributed by atoms with E-state index >= 15 is 0 Å². The van der Waals surface area contributed by atoms with Crippen LogP contribution in [0.1, 0.15) is 11.6 Å². The van der Waals surface area contributed by atoms with Crippen LogP contribution in [0.15, 0.2) is 18.2 Å². The molecule has 1 fully saturated rings. The molecule has 4 nitrogen and oxygen atoms in total. The molecular formula is C13H17Cl2F3N2O2. The van der Waals surface area contributed by atoms with E-state index in [-0.39, 0.29) is 42.9 Å². The van der Waals surface area contributed by atoms with Crippen LogP contribution in [0.5, 0.6) is 11.5 Å². The normalized spacial score (nSPS) is 19.0. The summed E-state index contributed by atoms with van der Waals surface area (Å²) in [7, 11) is 0. The predicted octanol–water partition coefficient (Wildman–Crippen LogP) is 2.77. The Morgan fingerprint density at radius 1 is 1.09 bits per heavy atom. The van der Waals surface area contributed by atoms with Crippen molar-refractivity contribution >= 4 is 24.8 Å². The molecule has 2 heterocycles. The van der Waals surface area contributed by atoms with Crippen molar-refractivity contribution in [3.63, 3.8) is 0 Å². The fourth-order valence-corrected chi connectivity index (χ4v) is 2.69. The first-order valence-electron chi connectivity index (χ1n) is 6.47. The summed E-state index contributed by atoms with van der Waals surface area (Å²) in [4.78, 5) is 1.44. The van der Waals surface area contributed by atoms with Crippen LogP contribution in [0.3, 0.4) is 0 Å². The van der Waals surface area contributed by atoms with Crippen LogP contribution < -0.4 is 14.8 Å². The van der Waals surface area contributed by atoms with Crippen molar-refractivity contribution in [1.82, 2.24) is 10.2 Å². The Kier molecular flexibility index (Phi) is 6.61. The maximum Gasteiger partial charge on any atom is 0.408 e. The lowest BCUT2D eigenvalue weighted by Gasteiger charge is -2.36. The number of halogens is 5. The molecule has 0 aromatic heterocycles. The van der Waals surface area contributed by atoms with E-state index in [4.69, 9.17) is 9.47 Å². The van der Waals surface area contributed by atoms with Crippen molar-refractivity contribution in [2.45, 2.75) is 12.2 Å². The topological polar surface area (TPSA) is 33.7 Å². The lowest BCUT2D eigenvalue weighted by atomic mass is 10.0. The van der Waals surface area contributed by atoms with E-state index in [1.165, 1.54) is 11.0 Å². The van der Waals surface area contributed by atoms with Crippen LogP contribution in [0.4, 0.5) is 13.2 Å². The molecule has 22 heavy (non-hydrogen) atoms. The van der Waals surface area contributed by atoms with E-state index in [1.807, 2.05) is 0 Å². The first-order chi connectivity index (χ1) is 9.57. The van der Waals surface area contributed by atoms with Crippen molar-refractivity contribution in [2.24, 2.45) is 0 Å². The summed E-state index contributed by atoms with van der Waals surface area (Å²) in [6.45, 7) is 1.79. The number of hydrogen-bond donors (Lipinski definition) is 1. The van der Waals surface area contributed by atoms with Crippen LogP contribution in [0.2, 0.25) is 0 Å². The lowest BCUT2D eigenvalue weighted by molar-refractivity contribution is -0.188. The quantitative estimate of drug-likeness (QED) is 0.879. The fourth-order valence-electron chi connectivity index (χ4n) is 2.69. The maximum atomic E-state index is 13.5. The largest absolute Gasteiger partial charge is 0.454 e. The first-order valence-corrected chi connectivity index (χ1v) is 6.47. The molecule has 0 amide bonds. The van der Waals surface area contributed by atoms with E-state index in [9.17, 15) is 13.2 Å². The van der Waals surface area contributed by atoms with E-state index in [1.54, 1.807) is 12.1 Å². The van der Waals surface area contributed by atoms with Crippen LogP contribution in [-0.4, -0.2) is 44.0 Å². The molecule has 1 N–H and O–H groups in total. The number of rotatable bonds is 2. The van der Waals surface area contributed by atoms with Crippen LogP contribution >= 0.6 is 24.8 Å². The van der Waals surface area contributed by atoms with Crippen LogP contribution in [-0.2, 0) is 0 Å². The van der Waals surface area contributed by atoms with Gasteiger partial charge in [0.15, 0.2) is 11.5 Å². The molecule has 1 aromatic rings. The second-order valence-electron chi connectivity index (χ2n) is 4.81. The molecule has 0 spiro atoms. The molecule has 1 atom stereocenters. The minimum absolute atomic E-state index is 0. The molecule has 3 rings (SSSR count). The number of fused-ring (bicyclic) bond motifs is 1. The molecular weight excluding hydrogens is 344 g/mol. The van der Waals surface area contributed by atoms with Gasteiger partial charge in [-0.3, -0.25) is 4.90 Å². The molecule has 0 unspecified atom stereocenters. The molecule has 0 radical (unpaired) electrons. The van der Waals surface area contributed by atoms with Crippen molar-refractivity contribution in [3.8, 4) is 11.5 Å². The van der Waals surface area contributed by atoms with Crippen molar-refractivity contribution in [3.05, 3.63) is 23.8 Å². The number of para-hydroxylation sites is 1. The van der Waals surface area contributed by atoms with Gasteiger partial charge in [-0.1, -0.05) is 12.1 Å². The predicted molar refractivity (Wildman–Crippen MR) is 80.3 cm³/mol. The number of ether oxygens (including phenoxy) is 2. The smallest absolute Gasteiger partial charge is 0.408 e. The Labute approximate surface area is 138 Å². The standard InChI is InChI=1S/C13H15F3N2O2.2ClH/c14-13(15,16)12(18-6-4-17-5-7-18)9-2-1-3-10-11(9)20-8-19-10;;/h1-3,12,17H,4-8H2;2*1H/t12-;;/m0../s1. The van der Waals surface area contributed by atoms with E-state index in [0.717, 1.165) is 0 Å². The van der Waals surface area contributed by atoms with Crippen molar-refractivity contribution < 1.29 is 22.6 Å². The highest BCUT2D eigenvalue weighted by atomic mass is 35.5. The maximum absolute atomic E-state index is 13.5. The van der Waals surface area contributed by atoms with E-state index in [0.29, 0.717) is 31.9 Å². The minimum Gasteiger partial charge on any atom is -0.454 e. The summed E-state index contributed by atoms with van der Waals surface area (Å²) >= 11 is 0. The van der Waals surface area contributed by atoms with Gasteiger partial charge in [-0.25, -0.2) is 0 Å². The average molecular weight is 361 g/mol. The molecule has 0 bridgehead atoms. The summed E-state index contributed by atoms with van der Waals surface area (Å²) in [5.74, 6) is 0.597. The van der Waals surface area contributed by atoms with Crippen molar-refractivity contribution in [1.29, 1.82) is 0 Å². The van der Waals surface area contributed by atoms with Gasteiger partial charge >= 0.3 is 6.18 Å². The van der Waals surface area contributed by atoms with Gasteiger partial charge in [0, 0.05) is 31.7 Å². The molecule has 1 aromatic carbocycles.